The lowest BCUT2D eigenvalue weighted by Crippen LogP contribution is -2.51. The summed E-state index contributed by atoms with van der Waals surface area (Å²) in [6.45, 7) is 1.47. The maximum Gasteiger partial charge on any atom is 0.516 e. The van der Waals surface area contributed by atoms with Crippen LogP contribution in [0.4, 0.5) is 55.3 Å². The number of amides is 1. The number of aryl methyl sites for hydroxylation is 2. The van der Waals surface area contributed by atoms with E-state index in [0.717, 1.165) is 48.5 Å². The van der Waals surface area contributed by atoms with Crippen LogP contribution in [0.3, 0.4) is 0 Å². The highest BCUT2D eigenvalue weighted by molar-refractivity contribution is 7.90. The number of hydrazone groups is 2. The number of hydrogen-bond acceptors (Lipinski definition) is 15. The molecule has 2 aliphatic heterocycles. The zero-order chi connectivity index (χ0) is 58.7. The smallest absolute Gasteiger partial charge is 0.477 e. The molecule has 1 amide bonds. The summed E-state index contributed by atoms with van der Waals surface area (Å²) in [5, 5.41) is 21.2. The number of fused-ring (bicyclic) bond motifs is 2. The van der Waals surface area contributed by atoms with E-state index in [1.54, 1.807) is 13.8 Å². The Morgan fingerprint density at radius 2 is 1.06 bits per heavy atom. The first kappa shape index (κ1) is 63.8. The van der Waals surface area contributed by atoms with E-state index in [1.165, 1.54) is 45.5 Å². The summed E-state index contributed by atoms with van der Waals surface area (Å²) in [6.07, 6.45) is 3.44. The van der Waals surface area contributed by atoms with Gasteiger partial charge in [-0.2, -0.15) is 43.2 Å². The quantitative estimate of drug-likeness (QED) is 0.106. The molecule has 0 bridgehead atoms. The van der Waals surface area contributed by atoms with Gasteiger partial charge in [-0.3, -0.25) is 23.6 Å². The molecular formula is C44H43Cl3F10N12O9S2. The van der Waals surface area contributed by atoms with Gasteiger partial charge in [-0.05, 0) is 60.4 Å². The predicted molar refractivity (Wildman–Crippen MR) is 272 cm³/mol. The minimum absolute atomic E-state index is 0. The number of methoxy groups -OCH3 is 2. The molecule has 2 aromatic carbocycles. The van der Waals surface area contributed by atoms with Crippen LogP contribution in [0.15, 0.2) is 71.1 Å². The molecule has 0 radical (unpaired) electrons. The number of carboxylic acids is 1. The lowest BCUT2D eigenvalue weighted by atomic mass is 10.1. The molecule has 6 aromatic rings. The average molecular weight is 1240 g/mol. The first-order valence-corrected chi connectivity index (χ1v) is 26.1. The van der Waals surface area contributed by atoms with Crippen molar-refractivity contribution >= 4 is 102 Å². The Balaban J connectivity index is 0.000000243. The number of halogens is 13. The lowest BCUT2D eigenvalue weighted by Gasteiger charge is -2.32. The fourth-order valence-electron chi connectivity index (χ4n) is 7.52. The highest BCUT2D eigenvalue weighted by Gasteiger charge is 2.54. The Kier molecular flexibility index (Phi) is 20.1. The minimum Gasteiger partial charge on any atom is -0.477 e. The first-order chi connectivity index (χ1) is 36.9. The van der Waals surface area contributed by atoms with Crippen LogP contribution >= 0.6 is 35.6 Å². The summed E-state index contributed by atoms with van der Waals surface area (Å²) < 4.78 is 192. The molecule has 4 aromatic heterocycles. The van der Waals surface area contributed by atoms with E-state index >= 15 is 0 Å². The zero-order valence-electron chi connectivity index (χ0n) is 41.5. The number of carbonyl (C=O) groups is 2. The number of alkyl halides is 6. The fourth-order valence-corrected chi connectivity index (χ4v) is 9.68. The molecule has 436 valence electrons. The number of aromatic nitrogens is 4. The van der Waals surface area contributed by atoms with Crippen molar-refractivity contribution in [2.75, 3.05) is 50.4 Å². The maximum absolute atomic E-state index is 15.0. The Morgan fingerprint density at radius 1 is 0.662 bits per heavy atom. The van der Waals surface area contributed by atoms with Crippen molar-refractivity contribution in [3.8, 4) is 0 Å². The number of pyridine rings is 2. The van der Waals surface area contributed by atoms with Gasteiger partial charge in [0.1, 0.15) is 17.3 Å². The van der Waals surface area contributed by atoms with Gasteiger partial charge < -0.3 is 25.6 Å². The summed E-state index contributed by atoms with van der Waals surface area (Å²) in [5.41, 5.74) is -4.44. The molecule has 4 N–H and O–H groups in total. The Bertz CT molecular complexity index is 3610. The fraction of sp³-hybridized carbons (Fsp3) is 0.318. The molecule has 21 nitrogen and oxygen atoms in total. The van der Waals surface area contributed by atoms with Gasteiger partial charge in [0.2, 0.25) is 0 Å². The topological polar surface area (TPSA) is 251 Å². The number of carboxylic acid groups (broad SMARTS) is 1. The van der Waals surface area contributed by atoms with E-state index < -0.39 is 97.9 Å². The Morgan fingerprint density at radius 3 is 1.44 bits per heavy atom. The number of amidine groups is 2. The standard InChI is InChI=1S/C22H20ClF5N6O4S.C12H14F4N4O3S.C10H8ClFN2O2.ClH/c1-3-16-18(32-11-13(23)9-15(25)19(32)30-16)20(35)29-10-12-4-5-17(14(24)8-12)33-6-7-34(21(31-33)38-2)39(36,37)22(26,27)28;1-23-11-18-19(10-3-2-8(7-17)6-9(10)13)4-5-20(11)24(21,22)12(14,15)16;1-2-7-8(10(15)16)14-4-5(11)3-6(12)9(14)13-7;/h4-5,8-9,11H,3,6-7,10H2,1-2H3,(H,29,35);2-3,6H,4-5,7,17H2,1H3;3-4H,2H2,1H3,(H,15,16);1H. The van der Waals surface area contributed by atoms with Crippen molar-refractivity contribution in [1.29, 1.82) is 0 Å². The number of carbonyl (C=O) groups excluding carboxylic acids is 1. The Hall–Kier alpha value is -7.07. The molecule has 2 aliphatic rings. The minimum atomic E-state index is -5.76. The number of nitrogens with two attached hydrogens (primary N) is 1. The van der Waals surface area contributed by atoms with Crippen LogP contribution in [0.5, 0.6) is 0 Å². The second-order valence-corrected chi connectivity index (χ2v) is 20.7. The van der Waals surface area contributed by atoms with E-state index in [0.29, 0.717) is 35.4 Å². The number of hydrogen-bond donors (Lipinski definition) is 3. The second-order valence-electron chi connectivity index (χ2n) is 16.2. The molecule has 8 rings (SSSR count). The third-order valence-electron chi connectivity index (χ3n) is 11.2. The summed E-state index contributed by atoms with van der Waals surface area (Å²) >= 11 is 11.6. The van der Waals surface area contributed by atoms with Crippen LogP contribution in [-0.2, 0) is 55.5 Å². The van der Waals surface area contributed by atoms with Gasteiger partial charge in [0.25, 0.3) is 5.91 Å². The van der Waals surface area contributed by atoms with E-state index in [2.05, 4.69) is 30.2 Å². The van der Waals surface area contributed by atoms with Gasteiger partial charge in [0, 0.05) is 25.5 Å². The van der Waals surface area contributed by atoms with Crippen molar-refractivity contribution in [2.45, 2.75) is 50.8 Å². The molecule has 80 heavy (non-hydrogen) atoms. The number of nitrogens with zero attached hydrogens (tertiary/aromatic N) is 10. The van der Waals surface area contributed by atoms with Crippen molar-refractivity contribution in [2.24, 2.45) is 15.9 Å². The van der Waals surface area contributed by atoms with E-state index in [4.69, 9.17) is 38.8 Å². The van der Waals surface area contributed by atoms with Gasteiger partial charge in [-0.15, -0.1) is 22.6 Å². The molecule has 0 aliphatic carbocycles. The van der Waals surface area contributed by atoms with Crippen molar-refractivity contribution in [1.82, 2.24) is 32.7 Å². The second kappa shape index (κ2) is 25.2. The number of aromatic carboxylic acids is 1. The summed E-state index contributed by atoms with van der Waals surface area (Å²) in [6, 6.07) is 8.30. The molecule has 36 heteroatoms. The first-order valence-electron chi connectivity index (χ1n) is 22.4. The largest absolute Gasteiger partial charge is 0.516 e. The van der Waals surface area contributed by atoms with Crippen molar-refractivity contribution in [3.05, 3.63) is 128 Å². The van der Waals surface area contributed by atoms with Crippen LogP contribution in [-0.4, -0.2) is 125 Å². The summed E-state index contributed by atoms with van der Waals surface area (Å²) in [4.78, 5) is 32.1. The highest BCUT2D eigenvalue weighted by atomic mass is 35.5. The zero-order valence-corrected chi connectivity index (χ0v) is 45.4. The monoisotopic (exact) mass is 1240 g/mol. The van der Waals surface area contributed by atoms with Gasteiger partial charge in [0.05, 0.1) is 73.2 Å². The average Bonchev–Trinajstić information content (AvgIpc) is 3.96. The van der Waals surface area contributed by atoms with Gasteiger partial charge in [-0.1, -0.05) is 49.2 Å². The molecular weight excluding hydrogens is 1200 g/mol. The molecule has 0 atom stereocenters. The number of benzene rings is 2. The van der Waals surface area contributed by atoms with Gasteiger partial charge in [-0.25, -0.2) is 40.9 Å². The van der Waals surface area contributed by atoms with Crippen LogP contribution in [0, 0.1) is 23.3 Å². The molecule has 0 spiro atoms. The van der Waals surface area contributed by atoms with E-state index in [9.17, 15) is 70.3 Å². The summed E-state index contributed by atoms with van der Waals surface area (Å²) in [5.74, 6) is -4.62. The number of anilines is 2. The van der Waals surface area contributed by atoms with Gasteiger partial charge in [0.15, 0.2) is 28.6 Å². The van der Waals surface area contributed by atoms with Gasteiger partial charge >= 0.3 is 49.1 Å². The molecule has 0 fully saturated rings. The third kappa shape index (κ3) is 13.2. The van der Waals surface area contributed by atoms with Crippen LogP contribution < -0.4 is 21.1 Å². The third-order valence-corrected chi connectivity index (χ3v) is 14.6. The SMILES string of the molecule is CCc1nc2c(F)cc(Cl)cn2c1C(=O)NCc1ccc(N2CCN(S(=O)(=O)C(F)(F)F)C(OC)=N2)c(F)c1.CCc1nc2c(F)cc(Cl)cn2c1C(=O)O.COC1=NN(c2ccc(CN)cc2F)CCN1S(=O)(=O)C(F)(F)F.Cl. The maximum atomic E-state index is 15.0. The Labute approximate surface area is 463 Å². The number of rotatable bonds is 11. The molecule has 6 heterocycles. The number of sulfonamides is 2. The predicted octanol–water partition coefficient (Wildman–Crippen LogP) is 7.63. The number of ether oxygens (including phenoxy) is 2. The lowest BCUT2D eigenvalue weighted by molar-refractivity contribution is -0.0482. The van der Waals surface area contributed by atoms with Crippen LogP contribution in [0.1, 0.15) is 57.3 Å². The van der Waals surface area contributed by atoms with Crippen LogP contribution in [0.2, 0.25) is 10.0 Å². The van der Waals surface area contributed by atoms with E-state index in [1.807, 2.05) is 0 Å². The normalized spacial score (nSPS) is 14.1. The highest BCUT2D eigenvalue weighted by Crippen LogP contribution is 2.33. The molecule has 0 saturated carbocycles. The molecule has 0 unspecified atom stereocenters. The van der Waals surface area contributed by atoms with E-state index in [-0.39, 0.29) is 84.8 Å². The van der Waals surface area contributed by atoms with Crippen molar-refractivity contribution < 1.29 is 84.9 Å². The molecule has 0 saturated heterocycles. The number of imidazole rings is 2. The van der Waals surface area contributed by atoms with Crippen LogP contribution in [0.25, 0.3) is 11.3 Å². The summed E-state index contributed by atoms with van der Waals surface area (Å²) in [7, 11) is -9.51. The number of nitrogens with one attached hydrogen (secondary N) is 1. The van der Waals surface area contributed by atoms with Crippen molar-refractivity contribution in [3.63, 3.8) is 0 Å².